The molecule has 0 unspecified atom stereocenters. The summed E-state index contributed by atoms with van der Waals surface area (Å²) in [6.07, 6.45) is 1.63. The molecule has 0 atom stereocenters. The SMILES string of the molecule is COCC(=O)N1CC2(CCN(Cc3ccc([N+](=O)[O-])cc3)CC2)c2cc(F)ccc21. The quantitative estimate of drug-likeness (QED) is 0.556. The minimum atomic E-state index is -0.401. The molecule has 158 valence electrons. The van der Waals surface area contributed by atoms with Gasteiger partial charge >= 0.3 is 0 Å². The number of halogens is 1. The van der Waals surface area contributed by atoms with Gasteiger partial charge in [-0.05, 0) is 55.3 Å². The first-order valence-corrected chi connectivity index (χ1v) is 9.97. The van der Waals surface area contributed by atoms with Crippen molar-refractivity contribution in [1.82, 2.24) is 4.90 Å². The molecule has 0 bridgehead atoms. The lowest BCUT2D eigenvalue weighted by molar-refractivity contribution is -0.384. The molecule has 8 heteroatoms. The number of anilines is 1. The van der Waals surface area contributed by atoms with Gasteiger partial charge in [-0.3, -0.25) is 19.8 Å². The molecule has 0 radical (unpaired) electrons. The van der Waals surface area contributed by atoms with Gasteiger partial charge in [-0.15, -0.1) is 0 Å². The topological polar surface area (TPSA) is 75.9 Å². The monoisotopic (exact) mass is 413 g/mol. The van der Waals surface area contributed by atoms with Gasteiger partial charge in [0.05, 0.1) is 4.92 Å². The summed E-state index contributed by atoms with van der Waals surface area (Å²) in [6.45, 7) is 2.85. The van der Waals surface area contributed by atoms with E-state index in [1.54, 1.807) is 29.2 Å². The molecule has 2 aliphatic heterocycles. The predicted molar refractivity (Wildman–Crippen MR) is 110 cm³/mol. The van der Waals surface area contributed by atoms with Crippen LogP contribution in [0.2, 0.25) is 0 Å². The van der Waals surface area contributed by atoms with Crippen LogP contribution in [-0.4, -0.2) is 49.1 Å². The number of nitro groups is 1. The Morgan fingerprint density at radius 3 is 2.53 bits per heavy atom. The van der Waals surface area contributed by atoms with Crippen LogP contribution in [-0.2, 0) is 21.5 Å². The van der Waals surface area contributed by atoms with Crippen molar-refractivity contribution in [3.05, 3.63) is 69.5 Å². The number of hydrogen-bond donors (Lipinski definition) is 0. The van der Waals surface area contributed by atoms with Crippen molar-refractivity contribution in [3.63, 3.8) is 0 Å². The van der Waals surface area contributed by atoms with Gasteiger partial charge in [0, 0.05) is 43.4 Å². The fraction of sp³-hybridized carbons (Fsp3) is 0.409. The van der Waals surface area contributed by atoms with E-state index in [2.05, 4.69) is 4.90 Å². The van der Waals surface area contributed by atoms with Crippen molar-refractivity contribution in [3.8, 4) is 0 Å². The molecule has 30 heavy (non-hydrogen) atoms. The minimum absolute atomic E-state index is 0.000828. The predicted octanol–water partition coefficient (Wildman–Crippen LogP) is 3.26. The van der Waals surface area contributed by atoms with Gasteiger partial charge in [0.25, 0.3) is 11.6 Å². The molecule has 0 aliphatic carbocycles. The van der Waals surface area contributed by atoms with Crippen LogP contribution in [0.5, 0.6) is 0 Å². The van der Waals surface area contributed by atoms with Crippen LogP contribution >= 0.6 is 0 Å². The molecule has 4 rings (SSSR count). The summed E-state index contributed by atoms with van der Waals surface area (Å²) >= 11 is 0. The van der Waals surface area contributed by atoms with Crippen LogP contribution in [0.25, 0.3) is 0 Å². The molecule has 2 heterocycles. The van der Waals surface area contributed by atoms with Gasteiger partial charge in [-0.25, -0.2) is 4.39 Å². The minimum Gasteiger partial charge on any atom is -0.375 e. The third kappa shape index (κ3) is 3.80. The molecular weight excluding hydrogens is 389 g/mol. The lowest BCUT2D eigenvalue weighted by Gasteiger charge is -2.40. The number of nitro benzene ring substituents is 1. The largest absolute Gasteiger partial charge is 0.375 e. The summed E-state index contributed by atoms with van der Waals surface area (Å²) in [4.78, 5) is 27.0. The zero-order valence-electron chi connectivity index (χ0n) is 16.8. The summed E-state index contributed by atoms with van der Waals surface area (Å²) in [5.41, 5.74) is 2.53. The van der Waals surface area contributed by atoms with E-state index >= 15 is 0 Å². The lowest BCUT2D eigenvalue weighted by atomic mass is 9.74. The summed E-state index contributed by atoms with van der Waals surface area (Å²) in [5.74, 6) is -0.405. The number of methoxy groups -OCH3 is 1. The second-order valence-corrected chi connectivity index (χ2v) is 8.05. The van der Waals surface area contributed by atoms with E-state index in [0.717, 1.165) is 42.7 Å². The first-order chi connectivity index (χ1) is 14.4. The van der Waals surface area contributed by atoms with E-state index in [9.17, 15) is 19.3 Å². The summed E-state index contributed by atoms with van der Waals surface area (Å²) in [6, 6.07) is 11.3. The highest BCUT2D eigenvalue weighted by Gasteiger charge is 2.46. The third-order valence-corrected chi connectivity index (χ3v) is 6.22. The normalized spacial score (nSPS) is 17.9. The zero-order chi connectivity index (χ0) is 21.3. The van der Waals surface area contributed by atoms with Crippen molar-refractivity contribution in [2.24, 2.45) is 0 Å². The Bertz CT molecular complexity index is 955. The van der Waals surface area contributed by atoms with Gasteiger partial charge < -0.3 is 9.64 Å². The van der Waals surface area contributed by atoms with E-state index < -0.39 is 4.92 Å². The molecule has 2 aromatic carbocycles. The van der Waals surface area contributed by atoms with Crippen molar-refractivity contribution >= 4 is 17.3 Å². The van der Waals surface area contributed by atoms with Crippen molar-refractivity contribution in [1.29, 1.82) is 0 Å². The van der Waals surface area contributed by atoms with E-state index in [4.69, 9.17) is 4.74 Å². The maximum absolute atomic E-state index is 14.0. The van der Waals surface area contributed by atoms with Gasteiger partial charge in [-0.2, -0.15) is 0 Å². The average molecular weight is 413 g/mol. The van der Waals surface area contributed by atoms with Gasteiger partial charge in [0.1, 0.15) is 12.4 Å². The number of ether oxygens (including phenoxy) is 1. The summed E-state index contributed by atoms with van der Waals surface area (Å²) in [7, 11) is 1.49. The van der Waals surface area contributed by atoms with Crippen molar-refractivity contribution in [2.45, 2.75) is 24.8 Å². The molecule has 1 spiro atoms. The van der Waals surface area contributed by atoms with Crippen LogP contribution in [0.4, 0.5) is 15.8 Å². The molecule has 1 saturated heterocycles. The molecule has 1 amide bonds. The van der Waals surface area contributed by atoms with Gasteiger partial charge in [0.15, 0.2) is 0 Å². The Balaban J connectivity index is 1.48. The number of piperidine rings is 1. The summed E-state index contributed by atoms with van der Waals surface area (Å²) < 4.78 is 19.1. The number of benzene rings is 2. The molecule has 2 aromatic rings. The molecular formula is C22H24FN3O4. The Labute approximate surface area is 174 Å². The number of likely N-dealkylation sites (tertiary alicyclic amines) is 1. The lowest BCUT2D eigenvalue weighted by Crippen LogP contribution is -2.46. The van der Waals surface area contributed by atoms with E-state index in [-0.39, 0.29) is 29.4 Å². The number of non-ortho nitro benzene ring substituents is 1. The van der Waals surface area contributed by atoms with Crippen LogP contribution in [0.3, 0.4) is 0 Å². The third-order valence-electron chi connectivity index (χ3n) is 6.22. The van der Waals surface area contributed by atoms with Gasteiger partial charge in [-0.1, -0.05) is 12.1 Å². The van der Waals surface area contributed by atoms with Crippen LogP contribution in [0, 0.1) is 15.9 Å². The smallest absolute Gasteiger partial charge is 0.269 e. The number of carbonyl (C=O) groups is 1. The number of fused-ring (bicyclic) bond motifs is 2. The second-order valence-electron chi connectivity index (χ2n) is 8.05. The highest BCUT2D eigenvalue weighted by molar-refractivity contribution is 5.97. The standard InChI is InChI=1S/C22H24FN3O4/c1-30-14-21(27)25-15-22(19-12-17(23)4-7-20(19)25)8-10-24(11-9-22)13-16-2-5-18(6-3-16)26(28)29/h2-7,12H,8-11,13-15H2,1H3. The second kappa shape index (κ2) is 8.12. The molecule has 0 aromatic heterocycles. The van der Waals surface area contributed by atoms with Crippen molar-refractivity contribution in [2.75, 3.05) is 38.3 Å². The Hall–Kier alpha value is -2.84. The Morgan fingerprint density at radius 2 is 1.90 bits per heavy atom. The van der Waals surface area contributed by atoms with Gasteiger partial charge in [0.2, 0.25) is 0 Å². The Morgan fingerprint density at radius 1 is 1.20 bits per heavy atom. The number of carbonyl (C=O) groups excluding carboxylic acids is 1. The van der Waals surface area contributed by atoms with E-state index in [0.29, 0.717) is 13.1 Å². The fourth-order valence-electron chi connectivity index (χ4n) is 4.61. The zero-order valence-corrected chi connectivity index (χ0v) is 16.8. The number of rotatable bonds is 5. The molecule has 0 saturated carbocycles. The fourth-order valence-corrected chi connectivity index (χ4v) is 4.61. The average Bonchev–Trinajstić information content (AvgIpc) is 3.04. The number of hydrogen-bond acceptors (Lipinski definition) is 5. The maximum atomic E-state index is 14.0. The molecule has 7 nitrogen and oxygen atoms in total. The van der Waals surface area contributed by atoms with E-state index in [1.807, 2.05) is 0 Å². The number of amides is 1. The Kier molecular flexibility index (Phi) is 5.53. The summed E-state index contributed by atoms with van der Waals surface area (Å²) in [5, 5.41) is 10.8. The first kappa shape index (κ1) is 20.4. The maximum Gasteiger partial charge on any atom is 0.269 e. The molecule has 0 N–H and O–H groups in total. The first-order valence-electron chi connectivity index (χ1n) is 9.97. The molecule has 1 fully saturated rings. The van der Waals surface area contributed by atoms with Crippen LogP contribution in [0.1, 0.15) is 24.0 Å². The van der Waals surface area contributed by atoms with Crippen LogP contribution in [0.15, 0.2) is 42.5 Å². The number of nitrogens with zero attached hydrogens (tertiary/aromatic N) is 3. The van der Waals surface area contributed by atoms with E-state index in [1.165, 1.54) is 25.3 Å². The molecule has 2 aliphatic rings. The highest BCUT2D eigenvalue weighted by Crippen LogP contribution is 2.47. The van der Waals surface area contributed by atoms with Crippen molar-refractivity contribution < 1.29 is 18.8 Å². The highest BCUT2D eigenvalue weighted by atomic mass is 19.1. The van der Waals surface area contributed by atoms with Crippen LogP contribution < -0.4 is 4.90 Å².